The molecular formula is C24H27N5O2. The van der Waals surface area contributed by atoms with Gasteiger partial charge < -0.3 is 10.2 Å². The second-order valence-electron chi connectivity index (χ2n) is 8.04. The van der Waals surface area contributed by atoms with Gasteiger partial charge in [0.25, 0.3) is 0 Å². The lowest BCUT2D eigenvalue weighted by Gasteiger charge is -2.32. The number of piperidine rings is 1. The van der Waals surface area contributed by atoms with E-state index < -0.39 is 0 Å². The van der Waals surface area contributed by atoms with Crippen LogP contribution >= 0.6 is 0 Å². The average molecular weight is 418 g/mol. The highest BCUT2D eigenvalue weighted by molar-refractivity contribution is 5.88. The van der Waals surface area contributed by atoms with Gasteiger partial charge in [-0.05, 0) is 48.6 Å². The van der Waals surface area contributed by atoms with Gasteiger partial charge in [0.05, 0.1) is 6.42 Å². The van der Waals surface area contributed by atoms with Gasteiger partial charge in [-0.1, -0.05) is 30.3 Å². The summed E-state index contributed by atoms with van der Waals surface area (Å²) in [6, 6.07) is 17.6. The summed E-state index contributed by atoms with van der Waals surface area (Å²) in [5.74, 6) is 1.51. The Balaban J connectivity index is 1.29. The number of anilines is 1. The van der Waals surface area contributed by atoms with Crippen molar-refractivity contribution in [2.75, 3.05) is 18.4 Å². The van der Waals surface area contributed by atoms with Gasteiger partial charge in [-0.25, -0.2) is 0 Å². The highest BCUT2D eigenvalue weighted by Gasteiger charge is 2.24. The highest BCUT2D eigenvalue weighted by atomic mass is 16.2. The number of nitrogens with zero attached hydrogens (tertiary/aromatic N) is 4. The molecule has 0 spiro atoms. The Hall–Kier alpha value is -3.48. The summed E-state index contributed by atoms with van der Waals surface area (Å²) in [6.07, 6.45) is 4.94. The normalized spacial score (nSPS) is 14.4. The minimum Gasteiger partial charge on any atom is -0.342 e. The van der Waals surface area contributed by atoms with Crippen LogP contribution in [0.4, 0.5) is 5.69 Å². The summed E-state index contributed by atoms with van der Waals surface area (Å²) in [4.78, 5) is 25.8. The molecule has 7 nitrogen and oxygen atoms in total. The van der Waals surface area contributed by atoms with E-state index in [4.69, 9.17) is 0 Å². The Bertz CT molecular complexity index is 1020. The largest absolute Gasteiger partial charge is 0.342 e. The van der Waals surface area contributed by atoms with Crippen molar-refractivity contribution in [3.8, 4) is 5.69 Å². The molecule has 0 aliphatic carbocycles. The van der Waals surface area contributed by atoms with Crippen LogP contribution in [-0.4, -0.2) is 44.6 Å². The molecule has 31 heavy (non-hydrogen) atoms. The smallest absolute Gasteiger partial charge is 0.226 e. The zero-order valence-electron chi connectivity index (χ0n) is 17.7. The van der Waals surface area contributed by atoms with Crippen molar-refractivity contribution in [2.45, 2.75) is 32.6 Å². The molecule has 3 aromatic rings. The Morgan fingerprint density at radius 3 is 2.42 bits per heavy atom. The van der Waals surface area contributed by atoms with E-state index in [9.17, 15) is 9.59 Å². The fourth-order valence-corrected chi connectivity index (χ4v) is 4.04. The minimum absolute atomic E-state index is 0.103. The number of amides is 2. The third kappa shape index (κ3) is 5.36. The van der Waals surface area contributed by atoms with Crippen molar-refractivity contribution < 1.29 is 9.59 Å². The van der Waals surface area contributed by atoms with Gasteiger partial charge in [0, 0.05) is 37.8 Å². The van der Waals surface area contributed by atoms with E-state index in [1.807, 2.05) is 51.9 Å². The van der Waals surface area contributed by atoms with E-state index in [1.165, 1.54) is 6.92 Å². The van der Waals surface area contributed by atoms with Gasteiger partial charge in [-0.2, -0.15) is 0 Å². The number of carbonyl (C=O) groups is 2. The van der Waals surface area contributed by atoms with E-state index >= 15 is 0 Å². The summed E-state index contributed by atoms with van der Waals surface area (Å²) < 4.78 is 2.04. The summed E-state index contributed by atoms with van der Waals surface area (Å²) in [5.41, 5.74) is 2.77. The second kappa shape index (κ2) is 9.55. The van der Waals surface area contributed by atoms with Crippen LogP contribution < -0.4 is 5.32 Å². The summed E-state index contributed by atoms with van der Waals surface area (Å²) in [7, 11) is 0. The molecule has 1 N–H and O–H groups in total. The maximum absolute atomic E-state index is 12.7. The van der Waals surface area contributed by atoms with Gasteiger partial charge in [-0.3, -0.25) is 14.2 Å². The predicted molar refractivity (Wildman–Crippen MR) is 119 cm³/mol. The molecule has 1 aromatic heterocycles. The van der Waals surface area contributed by atoms with Gasteiger partial charge in [0.1, 0.15) is 12.2 Å². The first kappa shape index (κ1) is 20.8. The number of hydrogen-bond acceptors (Lipinski definition) is 4. The Morgan fingerprint density at radius 1 is 1.03 bits per heavy atom. The van der Waals surface area contributed by atoms with Crippen molar-refractivity contribution >= 4 is 17.5 Å². The quantitative estimate of drug-likeness (QED) is 0.668. The number of para-hydroxylation sites is 1. The third-order valence-electron chi connectivity index (χ3n) is 5.72. The lowest BCUT2D eigenvalue weighted by Crippen LogP contribution is -2.39. The van der Waals surface area contributed by atoms with Crippen molar-refractivity contribution in [3.63, 3.8) is 0 Å². The lowest BCUT2D eigenvalue weighted by molar-refractivity contribution is -0.131. The molecule has 0 bridgehead atoms. The van der Waals surface area contributed by atoms with Gasteiger partial charge in [-0.15, -0.1) is 10.2 Å². The van der Waals surface area contributed by atoms with E-state index in [0.717, 1.165) is 55.1 Å². The average Bonchev–Trinajstić information content (AvgIpc) is 3.24. The van der Waals surface area contributed by atoms with Crippen LogP contribution in [0.2, 0.25) is 0 Å². The van der Waals surface area contributed by atoms with E-state index in [2.05, 4.69) is 27.6 Å². The highest BCUT2D eigenvalue weighted by Crippen LogP contribution is 2.23. The van der Waals surface area contributed by atoms with Crippen LogP contribution in [-0.2, 0) is 22.4 Å². The van der Waals surface area contributed by atoms with Crippen molar-refractivity contribution in [1.29, 1.82) is 0 Å². The number of benzene rings is 2. The molecule has 0 unspecified atom stereocenters. The van der Waals surface area contributed by atoms with Crippen LogP contribution in [0.15, 0.2) is 60.9 Å². The molecule has 0 saturated carbocycles. The Labute approximate surface area is 182 Å². The summed E-state index contributed by atoms with van der Waals surface area (Å²) in [5, 5.41) is 11.2. The van der Waals surface area contributed by atoms with Crippen LogP contribution in [0.3, 0.4) is 0 Å². The monoisotopic (exact) mass is 417 g/mol. The first-order valence-corrected chi connectivity index (χ1v) is 10.7. The number of likely N-dealkylation sites (tertiary alicyclic amines) is 1. The maximum atomic E-state index is 12.7. The lowest BCUT2D eigenvalue weighted by atomic mass is 9.93. The van der Waals surface area contributed by atoms with Gasteiger partial charge in [0.15, 0.2) is 0 Å². The minimum atomic E-state index is -0.103. The molecule has 0 radical (unpaired) electrons. The first-order valence-electron chi connectivity index (χ1n) is 10.7. The zero-order valence-corrected chi connectivity index (χ0v) is 17.7. The molecule has 1 saturated heterocycles. The molecule has 2 heterocycles. The predicted octanol–water partition coefficient (Wildman–Crippen LogP) is 3.25. The van der Waals surface area contributed by atoms with E-state index in [-0.39, 0.29) is 11.8 Å². The second-order valence-corrected chi connectivity index (χ2v) is 8.04. The fraction of sp³-hybridized carbons (Fsp3) is 0.333. The van der Waals surface area contributed by atoms with Crippen molar-refractivity contribution in [3.05, 3.63) is 72.3 Å². The standard InChI is InChI=1S/C24H27N5O2/c1-18(30)26-21-9-7-19(8-10-21)16-24(31)28-13-11-20(12-14-28)15-23-27-25-17-29(23)22-5-3-2-4-6-22/h2-10,17,20H,11-16H2,1H3,(H,26,30). The number of aromatic nitrogens is 3. The number of hydrogen-bond donors (Lipinski definition) is 1. The topological polar surface area (TPSA) is 80.1 Å². The Kier molecular flexibility index (Phi) is 6.40. The summed E-state index contributed by atoms with van der Waals surface area (Å²) in [6.45, 7) is 3.02. The van der Waals surface area contributed by atoms with Crippen molar-refractivity contribution in [2.24, 2.45) is 5.92 Å². The third-order valence-corrected chi connectivity index (χ3v) is 5.72. The van der Waals surface area contributed by atoms with Crippen LogP contribution in [0.25, 0.3) is 5.69 Å². The molecule has 1 fully saturated rings. The Morgan fingerprint density at radius 2 is 1.74 bits per heavy atom. The molecule has 1 aliphatic heterocycles. The molecule has 0 atom stereocenters. The SMILES string of the molecule is CC(=O)Nc1ccc(CC(=O)N2CCC(Cc3nncn3-c3ccccc3)CC2)cc1. The van der Waals surface area contributed by atoms with Gasteiger partial charge in [0.2, 0.25) is 11.8 Å². The first-order chi connectivity index (χ1) is 15.1. The van der Waals surface area contributed by atoms with E-state index in [1.54, 1.807) is 6.33 Å². The van der Waals surface area contributed by atoms with Gasteiger partial charge >= 0.3 is 0 Å². The molecule has 160 valence electrons. The molecule has 4 rings (SSSR count). The van der Waals surface area contributed by atoms with Crippen LogP contribution in [0, 0.1) is 5.92 Å². The zero-order chi connectivity index (χ0) is 21.6. The van der Waals surface area contributed by atoms with Crippen LogP contribution in [0.1, 0.15) is 31.2 Å². The summed E-state index contributed by atoms with van der Waals surface area (Å²) >= 11 is 0. The molecule has 1 aliphatic rings. The molecular weight excluding hydrogens is 390 g/mol. The maximum Gasteiger partial charge on any atom is 0.226 e. The van der Waals surface area contributed by atoms with E-state index in [0.29, 0.717) is 12.3 Å². The van der Waals surface area contributed by atoms with Crippen LogP contribution in [0.5, 0.6) is 0 Å². The van der Waals surface area contributed by atoms with Crippen molar-refractivity contribution in [1.82, 2.24) is 19.7 Å². The molecule has 2 amide bonds. The fourth-order valence-electron chi connectivity index (χ4n) is 4.04. The number of nitrogens with one attached hydrogen (secondary N) is 1. The molecule has 2 aromatic carbocycles. The molecule has 7 heteroatoms. The number of rotatable bonds is 6. The number of carbonyl (C=O) groups excluding carboxylic acids is 2.